The first-order chi connectivity index (χ1) is 9.70. The monoisotopic (exact) mass is 278 g/mol. The summed E-state index contributed by atoms with van der Waals surface area (Å²) < 4.78 is 0. The fourth-order valence-corrected chi connectivity index (χ4v) is 2.32. The summed E-state index contributed by atoms with van der Waals surface area (Å²) in [6.07, 6.45) is 4.17. The lowest BCUT2D eigenvalue weighted by Gasteiger charge is -2.28. The summed E-state index contributed by atoms with van der Waals surface area (Å²) in [5.41, 5.74) is 0.282. The first kappa shape index (κ1) is 14.7. The molecule has 1 saturated carbocycles. The molecule has 2 unspecified atom stereocenters. The van der Waals surface area contributed by atoms with Gasteiger partial charge in [-0.3, -0.25) is 4.79 Å². The fourth-order valence-electron chi connectivity index (χ4n) is 2.32. The van der Waals surface area contributed by atoms with Crippen LogP contribution in [0, 0.1) is 0 Å². The van der Waals surface area contributed by atoms with Crippen LogP contribution < -0.4 is 10.6 Å². The van der Waals surface area contributed by atoms with Gasteiger partial charge in [-0.25, -0.2) is 0 Å². The van der Waals surface area contributed by atoms with Crippen LogP contribution >= 0.6 is 0 Å². The molecule has 0 aliphatic heterocycles. The highest BCUT2D eigenvalue weighted by molar-refractivity contribution is 5.92. The molecule has 0 spiro atoms. The van der Waals surface area contributed by atoms with Crippen LogP contribution in [0.2, 0.25) is 0 Å². The second-order valence-corrected chi connectivity index (χ2v) is 5.16. The van der Waals surface area contributed by atoms with Crippen LogP contribution in [-0.2, 0) is 0 Å². The molecular formula is C14H22N4O2. The topological polar surface area (TPSA) is 87.1 Å². The third-order valence-corrected chi connectivity index (χ3v) is 3.50. The Labute approximate surface area is 119 Å². The summed E-state index contributed by atoms with van der Waals surface area (Å²) in [6.45, 7) is 2.90. The van der Waals surface area contributed by atoms with E-state index in [4.69, 9.17) is 0 Å². The highest BCUT2D eigenvalue weighted by Gasteiger charge is 2.25. The lowest BCUT2D eigenvalue weighted by atomic mass is 9.92. The molecule has 6 nitrogen and oxygen atoms in total. The van der Waals surface area contributed by atoms with Gasteiger partial charge in [0.25, 0.3) is 5.91 Å². The number of rotatable bonds is 5. The summed E-state index contributed by atoms with van der Waals surface area (Å²) in [4.78, 5) is 12.0. The van der Waals surface area contributed by atoms with Gasteiger partial charge in [-0.1, -0.05) is 19.8 Å². The maximum absolute atomic E-state index is 12.0. The van der Waals surface area contributed by atoms with Crippen LogP contribution in [0.4, 0.5) is 5.82 Å². The van der Waals surface area contributed by atoms with Crippen molar-refractivity contribution in [2.24, 2.45) is 0 Å². The third-order valence-electron chi connectivity index (χ3n) is 3.50. The summed E-state index contributed by atoms with van der Waals surface area (Å²) >= 11 is 0. The van der Waals surface area contributed by atoms with Crippen molar-refractivity contribution in [3.63, 3.8) is 0 Å². The van der Waals surface area contributed by atoms with E-state index < -0.39 is 6.10 Å². The zero-order valence-electron chi connectivity index (χ0n) is 11.8. The van der Waals surface area contributed by atoms with E-state index in [0.717, 1.165) is 38.6 Å². The molecule has 1 aromatic rings. The molecule has 1 aromatic heterocycles. The molecule has 110 valence electrons. The Bertz CT molecular complexity index is 435. The number of carbonyl (C=O) groups excluding carboxylic acids is 1. The first-order valence-corrected chi connectivity index (χ1v) is 7.27. The predicted molar refractivity (Wildman–Crippen MR) is 76.5 cm³/mol. The van der Waals surface area contributed by atoms with Gasteiger partial charge >= 0.3 is 0 Å². The highest BCUT2D eigenvalue weighted by Crippen LogP contribution is 2.18. The quantitative estimate of drug-likeness (QED) is 0.756. The summed E-state index contributed by atoms with van der Waals surface area (Å²) in [7, 11) is 0. The SMILES string of the molecule is CCCNc1ccc(C(=O)NC2CCCCC2O)nn1. The molecule has 3 N–H and O–H groups in total. The second-order valence-electron chi connectivity index (χ2n) is 5.16. The van der Waals surface area contributed by atoms with E-state index in [-0.39, 0.29) is 17.6 Å². The largest absolute Gasteiger partial charge is 0.391 e. The molecule has 0 radical (unpaired) electrons. The Kier molecular flexibility index (Phi) is 5.29. The van der Waals surface area contributed by atoms with E-state index >= 15 is 0 Å². The molecule has 20 heavy (non-hydrogen) atoms. The minimum atomic E-state index is -0.453. The van der Waals surface area contributed by atoms with Crippen molar-refractivity contribution in [1.82, 2.24) is 15.5 Å². The van der Waals surface area contributed by atoms with Crippen molar-refractivity contribution in [2.45, 2.75) is 51.2 Å². The fraction of sp³-hybridized carbons (Fsp3) is 0.643. The van der Waals surface area contributed by atoms with Gasteiger partial charge in [0, 0.05) is 6.54 Å². The van der Waals surface area contributed by atoms with Crippen molar-refractivity contribution < 1.29 is 9.90 Å². The number of aromatic nitrogens is 2. The predicted octanol–water partition coefficient (Wildman–Crippen LogP) is 1.33. The molecule has 1 fully saturated rings. The maximum Gasteiger partial charge on any atom is 0.272 e. The molecule has 1 aliphatic rings. The maximum atomic E-state index is 12.0. The molecule has 6 heteroatoms. The lowest BCUT2D eigenvalue weighted by molar-refractivity contribution is 0.0713. The van der Waals surface area contributed by atoms with E-state index in [2.05, 4.69) is 27.8 Å². The number of hydrogen-bond acceptors (Lipinski definition) is 5. The van der Waals surface area contributed by atoms with Crippen molar-refractivity contribution in [3.8, 4) is 0 Å². The van der Waals surface area contributed by atoms with Gasteiger partial charge in [0.05, 0.1) is 12.1 Å². The summed E-state index contributed by atoms with van der Waals surface area (Å²) in [5, 5.41) is 23.7. The number of aliphatic hydroxyl groups excluding tert-OH is 1. The molecule has 1 aliphatic carbocycles. The molecule has 1 heterocycles. The molecule has 2 atom stereocenters. The van der Waals surface area contributed by atoms with Crippen LogP contribution in [0.5, 0.6) is 0 Å². The molecular weight excluding hydrogens is 256 g/mol. The van der Waals surface area contributed by atoms with Gasteiger partial charge < -0.3 is 15.7 Å². The van der Waals surface area contributed by atoms with E-state index in [0.29, 0.717) is 5.82 Å². The van der Waals surface area contributed by atoms with E-state index in [9.17, 15) is 9.90 Å². The van der Waals surface area contributed by atoms with E-state index in [1.54, 1.807) is 12.1 Å². The number of aliphatic hydroxyl groups is 1. The van der Waals surface area contributed by atoms with Crippen molar-refractivity contribution in [2.75, 3.05) is 11.9 Å². The minimum Gasteiger partial charge on any atom is -0.391 e. The number of nitrogens with zero attached hydrogens (tertiary/aromatic N) is 2. The van der Waals surface area contributed by atoms with Gasteiger partial charge in [-0.05, 0) is 31.4 Å². The Morgan fingerprint density at radius 1 is 1.35 bits per heavy atom. The van der Waals surface area contributed by atoms with Crippen LogP contribution in [-0.4, -0.2) is 39.9 Å². The van der Waals surface area contributed by atoms with Gasteiger partial charge in [0.2, 0.25) is 0 Å². The van der Waals surface area contributed by atoms with E-state index in [1.807, 2.05) is 0 Å². The van der Waals surface area contributed by atoms with Crippen LogP contribution in [0.3, 0.4) is 0 Å². The number of amides is 1. The molecule has 2 rings (SSSR count). The Morgan fingerprint density at radius 3 is 2.80 bits per heavy atom. The molecule has 0 bridgehead atoms. The Morgan fingerprint density at radius 2 is 2.15 bits per heavy atom. The smallest absolute Gasteiger partial charge is 0.272 e. The van der Waals surface area contributed by atoms with Gasteiger partial charge in [-0.15, -0.1) is 10.2 Å². The zero-order chi connectivity index (χ0) is 14.4. The Hall–Kier alpha value is -1.69. The Balaban J connectivity index is 1.91. The van der Waals surface area contributed by atoms with Gasteiger partial charge in [0.15, 0.2) is 5.69 Å². The van der Waals surface area contributed by atoms with Crippen LogP contribution in [0.1, 0.15) is 49.5 Å². The van der Waals surface area contributed by atoms with Crippen LogP contribution in [0.25, 0.3) is 0 Å². The average Bonchev–Trinajstić information content (AvgIpc) is 2.48. The zero-order valence-corrected chi connectivity index (χ0v) is 11.8. The van der Waals surface area contributed by atoms with E-state index in [1.165, 1.54) is 0 Å². The summed E-state index contributed by atoms with van der Waals surface area (Å²) in [5.74, 6) is 0.395. The number of carbonyl (C=O) groups is 1. The lowest BCUT2D eigenvalue weighted by Crippen LogP contribution is -2.45. The number of hydrogen-bond donors (Lipinski definition) is 3. The normalized spacial score (nSPS) is 22.3. The van der Waals surface area contributed by atoms with Crippen LogP contribution in [0.15, 0.2) is 12.1 Å². The third kappa shape index (κ3) is 3.90. The number of anilines is 1. The number of nitrogens with one attached hydrogen (secondary N) is 2. The second kappa shape index (κ2) is 7.19. The minimum absolute atomic E-state index is 0.170. The molecule has 0 saturated heterocycles. The summed E-state index contributed by atoms with van der Waals surface area (Å²) in [6, 6.07) is 3.22. The standard InChI is InChI=1S/C14H22N4O2/c1-2-9-15-13-8-7-11(17-18-13)14(20)16-10-5-3-4-6-12(10)19/h7-8,10,12,19H,2-6,9H2,1H3,(H,15,18)(H,16,20). The van der Waals surface area contributed by atoms with Gasteiger partial charge in [0.1, 0.15) is 5.82 Å². The van der Waals surface area contributed by atoms with Crippen molar-refractivity contribution in [3.05, 3.63) is 17.8 Å². The first-order valence-electron chi connectivity index (χ1n) is 7.27. The van der Waals surface area contributed by atoms with Crippen molar-refractivity contribution in [1.29, 1.82) is 0 Å². The average molecular weight is 278 g/mol. The molecule has 0 aromatic carbocycles. The van der Waals surface area contributed by atoms with Crippen molar-refractivity contribution >= 4 is 11.7 Å². The van der Waals surface area contributed by atoms with Gasteiger partial charge in [-0.2, -0.15) is 0 Å². The molecule has 1 amide bonds. The highest BCUT2D eigenvalue weighted by atomic mass is 16.3.